The SMILES string of the molecule is COc1ccccc1[C@H](CN1c2sc(-c3ncco3)c(C)c2C(=O)N(C2(C(=O)NS(=O)(=O)C3(C)CC3)CC2)C1O)OC1C[C@H]2CC[C@@H](C1)O2. The van der Waals surface area contributed by atoms with Crippen molar-refractivity contribution in [2.75, 3.05) is 18.6 Å². The predicted molar refractivity (Wildman–Crippen MR) is 178 cm³/mol. The highest BCUT2D eigenvalue weighted by atomic mass is 32.2. The fourth-order valence-corrected chi connectivity index (χ4v) is 10.1. The summed E-state index contributed by atoms with van der Waals surface area (Å²) in [6.07, 6.45) is 5.64. The average Bonchev–Trinajstić information content (AvgIpc) is 3.88. The molecule has 5 aliphatic rings. The monoisotopic (exact) mass is 712 g/mol. The molecule has 3 aliphatic heterocycles. The first-order valence-corrected chi connectivity index (χ1v) is 19.1. The molecule has 1 aromatic carbocycles. The third kappa shape index (κ3) is 5.44. The lowest BCUT2D eigenvalue weighted by atomic mass is 10.0. The van der Waals surface area contributed by atoms with E-state index >= 15 is 0 Å². The number of methoxy groups -OCH3 is 1. The smallest absolute Gasteiger partial charge is 0.261 e. The van der Waals surface area contributed by atoms with Crippen LogP contribution in [0.2, 0.25) is 0 Å². The number of aliphatic hydroxyl groups excluding tert-OH is 1. The minimum atomic E-state index is -3.99. The Bertz CT molecular complexity index is 1870. The first-order valence-electron chi connectivity index (χ1n) is 16.8. The van der Waals surface area contributed by atoms with Crippen molar-refractivity contribution in [2.45, 2.75) is 106 Å². The van der Waals surface area contributed by atoms with Gasteiger partial charge in [0.2, 0.25) is 22.3 Å². The van der Waals surface area contributed by atoms with Gasteiger partial charge >= 0.3 is 0 Å². The number of carbonyl (C=O) groups is 2. The van der Waals surface area contributed by atoms with E-state index in [2.05, 4.69) is 9.71 Å². The topological polar surface area (TPSA) is 161 Å². The van der Waals surface area contributed by atoms with Crippen LogP contribution in [-0.4, -0.2) is 83.8 Å². The summed E-state index contributed by atoms with van der Waals surface area (Å²) in [5.41, 5.74) is 0.0925. The number of aromatic nitrogens is 1. The minimum Gasteiger partial charge on any atom is -0.496 e. The first-order chi connectivity index (χ1) is 23.4. The average molecular weight is 713 g/mol. The quantitative estimate of drug-likeness (QED) is 0.293. The van der Waals surface area contributed by atoms with Gasteiger partial charge in [-0.2, -0.15) is 0 Å². The van der Waals surface area contributed by atoms with Gasteiger partial charge in [0, 0.05) is 5.56 Å². The number of nitrogens with zero attached hydrogens (tertiary/aromatic N) is 3. The summed E-state index contributed by atoms with van der Waals surface area (Å²) in [7, 11) is -2.40. The maximum atomic E-state index is 14.5. The molecule has 13 nitrogen and oxygen atoms in total. The van der Waals surface area contributed by atoms with E-state index in [9.17, 15) is 23.1 Å². The van der Waals surface area contributed by atoms with Crippen LogP contribution in [0.3, 0.4) is 0 Å². The molecule has 2 saturated carbocycles. The number of anilines is 1. The lowest BCUT2D eigenvalue weighted by molar-refractivity contribution is -0.130. The van der Waals surface area contributed by atoms with E-state index in [-0.39, 0.29) is 37.7 Å². The van der Waals surface area contributed by atoms with Crippen molar-refractivity contribution in [1.29, 1.82) is 0 Å². The molecule has 49 heavy (non-hydrogen) atoms. The number of benzene rings is 1. The molecule has 0 spiro atoms. The Morgan fingerprint density at radius 2 is 1.90 bits per heavy atom. The Balaban J connectivity index is 1.20. The summed E-state index contributed by atoms with van der Waals surface area (Å²) in [6.45, 7) is 3.47. The number of hydrogen-bond acceptors (Lipinski definition) is 12. The van der Waals surface area contributed by atoms with Crippen molar-refractivity contribution in [3.8, 4) is 16.5 Å². The summed E-state index contributed by atoms with van der Waals surface area (Å²) in [4.78, 5) is 36.1. The summed E-state index contributed by atoms with van der Waals surface area (Å²) in [5.74, 6) is -0.443. The molecular formula is C34H40N4O9S2. The van der Waals surface area contributed by atoms with Gasteiger partial charge in [0.05, 0.1) is 53.4 Å². The number of sulfonamides is 1. The van der Waals surface area contributed by atoms with Crippen molar-refractivity contribution in [3.63, 3.8) is 0 Å². The van der Waals surface area contributed by atoms with Gasteiger partial charge in [-0.25, -0.2) is 13.4 Å². The standard InChI is InChI=1S/C34H40N4O9S2/c1-19-26-29(39)38(34(12-13-34)31(40)36-49(42,43)33(2)10-11-33)32(41)37(30(26)48-27(19)28-35-14-15-45-28)18-25(23-6-4-5-7-24(23)44-3)47-22-16-20-8-9-21(17-22)46-20/h4-7,14-15,20-22,25,32,41H,8-13,16-18H2,1-3H3,(H,36,40)/t20-,21+,22?,25-,32?/m0/s1. The van der Waals surface area contributed by atoms with E-state index < -0.39 is 44.6 Å². The van der Waals surface area contributed by atoms with Crippen LogP contribution in [0, 0.1) is 6.92 Å². The Labute approximate surface area is 288 Å². The number of amides is 2. The molecule has 2 unspecified atom stereocenters. The number of fused-ring (bicyclic) bond motifs is 3. The van der Waals surface area contributed by atoms with Crippen LogP contribution in [0.15, 0.2) is 41.1 Å². The second kappa shape index (κ2) is 11.8. The molecular weight excluding hydrogens is 673 g/mol. The zero-order valence-electron chi connectivity index (χ0n) is 27.6. The van der Waals surface area contributed by atoms with Gasteiger partial charge in [-0.15, -0.1) is 11.3 Å². The van der Waals surface area contributed by atoms with Gasteiger partial charge in [-0.05, 0) is 76.8 Å². The molecule has 2 N–H and O–H groups in total. The van der Waals surface area contributed by atoms with Gasteiger partial charge in [-0.3, -0.25) is 19.2 Å². The number of rotatable bonds is 11. The van der Waals surface area contributed by atoms with Crippen molar-refractivity contribution in [1.82, 2.24) is 14.6 Å². The molecule has 2 aliphatic carbocycles. The molecule has 4 fully saturated rings. The molecule has 2 bridgehead atoms. The number of ether oxygens (including phenoxy) is 3. The normalized spacial score (nSPS) is 27.1. The molecule has 2 amide bonds. The molecule has 5 atom stereocenters. The Kier molecular flexibility index (Phi) is 7.87. The minimum absolute atomic E-state index is 0.0874. The van der Waals surface area contributed by atoms with E-state index in [4.69, 9.17) is 18.6 Å². The van der Waals surface area contributed by atoms with Gasteiger partial charge in [0.15, 0.2) is 0 Å². The Hall–Kier alpha value is -3.50. The first kappa shape index (κ1) is 32.7. The van der Waals surface area contributed by atoms with Crippen molar-refractivity contribution in [3.05, 3.63) is 53.4 Å². The second-order valence-electron chi connectivity index (χ2n) is 14.1. The van der Waals surface area contributed by atoms with Crippen LogP contribution in [-0.2, 0) is 24.3 Å². The van der Waals surface area contributed by atoms with Gasteiger partial charge < -0.3 is 28.6 Å². The third-order valence-corrected chi connectivity index (χ3v) is 14.3. The molecule has 262 valence electrons. The van der Waals surface area contributed by atoms with Crippen LogP contribution in [0.1, 0.15) is 85.9 Å². The third-order valence-electron chi connectivity index (χ3n) is 10.8. The number of carbonyl (C=O) groups excluding carboxylic acids is 2. The summed E-state index contributed by atoms with van der Waals surface area (Å²) >= 11 is 1.26. The van der Waals surface area contributed by atoms with Crippen LogP contribution in [0.25, 0.3) is 10.8 Å². The molecule has 3 aromatic rings. The largest absolute Gasteiger partial charge is 0.496 e. The molecule has 0 radical (unpaired) electrons. The second-order valence-corrected chi connectivity index (χ2v) is 17.3. The van der Waals surface area contributed by atoms with Crippen LogP contribution >= 0.6 is 11.3 Å². The summed E-state index contributed by atoms with van der Waals surface area (Å²) in [5, 5.41) is 12.7. The van der Waals surface area contributed by atoms with Crippen LogP contribution in [0.4, 0.5) is 5.00 Å². The molecule has 2 saturated heterocycles. The van der Waals surface area contributed by atoms with E-state index in [0.29, 0.717) is 45.5 Å². The van der Waals surface area contributed by atoms with Gasteiger partial charge in [0.25, 0.3) is 11.8 Å². The number of nitrogens with one attached hydrogen (secondary N) is 1. The number of hydrogen-bond donors (Lipinski definition) is 2. The zero-order valence-corrected chi connectivity index (χ0v) is 29.2. The Morgan fingerprint density at radius 3 is 2.53 bits per heavy atom. The highest BCUT2D eigenvalue weighted by molar-refractivity contribution is 7.91. The summed E-state index contributed by atoms with van der Waals surface area (Å²) in [6, 6.07) is 7.55. The highest BCUT2D eigenvalue weighted by Crippen LogP contribution is 2.52. The molecule has 8 rings (SSSR count). The maximum absolute atomic E-state index is 14.5. The van der Waals surface area contributed by atoms with Crippen LogP contribution in [0.5, 0.6) is 5.75 Å². The number of aliphatic hydroxyl groups is 1. The van der Waals surface area contributed by atoms with E-state index in [1.165, 1.54) is 23.8 Å². The van der Waals surface area contributed by atoms with Crippen molar-refractivity contribution >= 4 is 38.2 Å². The lowest BCUT2D eigenvalue weighted by Crippen LogP contribution is -2.64. The molecule has 5 heterocycles. The Morgan fingerprint density at radius 1 is 1.18 bits per heavy atom. The number of thiophene rings is 1. The summed E-state index contributed by atoms with van der Waals surface area (Å²) < 4.78 is 51.9. The zero-order chi connectivity index (χ0) is 34.3. The number of oxazole rings is 1. The van der Waals surface area contributed by atoms with E-state index in [0.717, 1.165) is 36.1 Å². The van der Waals surface area contributed by atoms with Gasteiger partial charge in [0.1, 0.15) is 28.7 Å². The molecule has 15 heteroatoms. The van der Waals surface area contributed by atoms with Crippen molar-refractivity contribution in [2.24, 2.45) is 0 Å². The van der Waals surface area contributed by atoms with Crippen LogP contribution < -0.4 is 14.4 Å². The number of para-hydroxylation sites is 1. The predicted octanol–water partition coefficient (Wildman–Crippen LogP) is 4.26. The van der Waals surface area contributed by atoms with E-state index in [1.807, 2.05) is 24.3 Å². The lowest BCUT2D eigenvalue weighted by Gasteiger charge is -2.46. The fraction of sp³-hybridized carbons (Fsp3) is 0.559. The molecule has 2 aromatic heterocycles. The fourth-order valence-electron chi connectivity index (χ4n) is 7.51. The van der Waals surface area contributed by atoms with Crippen molar-refractivity contribution < 1.29 is 41.7 Å². The van der Waals surface area contributed by atoms with Gasteiger partial charge in [-0.1, -0.05) is 18.2 Å². The van der Waals surface area contributed by atoms with E-state index in [1.54, 1.807) is 25.9 Å². The highest BCUT2D eigenvalue weighted by Gasteiger charge is 2.63. The maximum Gasteiger partial charge on any atom is 0.261 e.